The van der Waals surface area contributed by atoms with Crippen LogP contribution in [-0.4, -0.2) is 34.7 Å². The van der Waals surface area contributed by atoms with Crippen molar-refractivity contribution in [2.75, 3.05) is 19.7 Å². The quantitative estimate of drug-likeness (QED) is 0.553. The van der Waals surface area contributed by atoms with Gasteiger partial charge >= 0.3 is 0 Å². The monoisotopic (exact) mass is 377 g/mol. The van der Waals surface area contributed by atoms with Gasteiger partial charge in [-0.25, -0.2) is 0 Å². The van der Waals surface area contributed by atoms with Gasteiger partial charge in [0.15, 0.2) is 0 Å². The van der Waals surface area contributed by atoms with Gasteiger partial charge < -0.3 is 4.74 Å². The summed E-state index contributed by atoms with van der Waals surface area (Å²) in [5.41, 5.74) is 1.41. The van der Waals surface area contributed by atoms with Crippen LogP contribution < -0.4 is 4.74 Å². The van der Waals surface area contributed by atoms with Crippen LogP contribution in [0.2, 0.25) is 0 Å². The van der Waals surface area contributed by atoms with Crippen molar-refractivity contribution in [1.29, 1.82) is 0 Å². The number of benzene rings is 3. The Morgan fingerprint density at radius 1 is 0.963 bits per heavy atom. The minimum atomic E-state index is 0.154. The number of thioether (sulfide) groups is 1. The summed E-state index contributed by atoms with van der Waals surface area (Å²) in [5.74, 6) is 0.995. The SMILES string of the molecule is CC1(C)S[C@H](COc2cccc3ccccc23)CN1CCc1ccccc1. The van der Waals surface area contributed by atoms with E-state index in [1.54, 1.807) is 0 Å². The van der Waals surface area contributed by atoms with E-state index in [1.165, 1.54) is 16.3 Å². The second-order valence-corrected chi connectivity index (χ2v) is 9.56. The van der Waals surface area contributed by atoms with Gasteiger partial charge in [0.25, 0.3) is 0 Å². The van der Waals surface area contributed by atoms with Crippen molar-refractivity contribution in [3.8, 4) is 5.75 Å². The fourth-order valence-electron chi connectivity index (χ4n) is 3.85. The van der Waals surface area contributed by atoms with E-state index in [0.717, 1.165) is 31.9 Å². The Hall–Kier alpha value is -1.97. The van der Waals surface area contributed by atoms with E-state index < -0.39 is 0 Å². The third-order valence-electron chi connectivity index (χ3n) is 5.33. The molecule has 0 bridgehead atoms. The predicted molar refractivity (Wildman–Crippen MR) is 117 cm³/mol. The second-order valence-electron chi connectivity index (χ2n) is 7.66. The number of hydrogen-bond acceptors (Lipinski definition) is 3. The Morgan fingerprint density at radius 2 is 1.70 bits per heavy atom. The molecule has 0 aromatic heterocycles. The van der Waals surface area contributed by atoms with Crippen LogP contribution in [0.3, 0.4) is 0 Å². The topological polar surface area (TPSA) is 12.5 Å². The first-order valence-corrected chi connectivity index (χ1v) is 10.6. The van der Waals surface area contributed by atoms with Crippen LogP contribution in [0.1, 0.15) is 19.4 Å². The van der Waals surface area contributed by atoms with E-state index in [-0.39, 0.29) is 4.87 Å². The van der Waals surface area contributed by atoms with Crippen molar-refractivity contribution in [3.63, 3.8) is 0 Å². The van der Waals surface area contributed by atoms with E-state index in [1.807, 2.05) is 11.8 Å². The largest absolute Gasteiger partial charge is 0.492 e. The summed E-state index contributed by atoms with van der Waals surface area (Å²) in [5, 5.41) is 2.93. The van der Waals surface area contributed by atoms with E-state index in [9.17, 15) is 0 Å². The first-order chi connectivity index (χ1) is 13.1. The Bertz CT molecular complexity index is 888. The Balaban J connectivity index is 1.37. The summed E-state index contributed by atoms with van der Waals surface area (Å²) >= 11 is 2.04. The van der Waals surface area contributed by atoms with Gasteiger partial charge in [-0.1, -0.05) is 66.7 Å². The Morgan fingerprint density at radius 3 is 2.56 bits per heavy atom. The van der Waals surface area contributed by atoms with Gasteiger partial charge in [0.1, 0.15) is 12.4 Å². The zero-order chi connectivity index (χ0) is 18.7. The lowest BCUT2D eigenvalue weighted by molar-refractivity contribution is 0.207. The molecular weight excluding hydrogens is 350 g/mol. The first kappa shape index (κ1) is 18.4. The Kier molecular flexibility index (Phi) is 5.42. The summed E-state index contributed by atoms with van der Waals surface area (Å²) in [6.07, 6.45) is 1.10. The maximum atomic E-state index is 6.26. The third-order valence-corrected chi connectivity index (χ3v) is 6.78. The van der Waals surface area contributed by atoms with Crippen molar-refractivity contribution in [3.05, 3.63) is 78.4 Å². The van der Waals surface area contributed by atoms with Crippen LogP contribution in [0.4, 0.5) is 0 Å². The summed E-state index contributed by atoms with van der Waals surface area (Å²) in [6, 6.07) is 25.5. The average molecular weight is 378 g/mol. The van der Waals surface area contributed by atoms with Gasteiger partial charge in [-0.05, 0) is 37.3 Å². The molecule has 1 atom stereocenters. The molecule has 4 rings (SSSR count). The highest BCUT2D eigenvalue weighted by Crippen LogP contribution is 2.40. The zero-order valence-electron chi connectivity index (χ0n) is 16.1. The van der Waals surface area contributed by atoms with Gasteiger partial charge in [0.05, 0.1) is 10.1 Å². The molecule has 1 aliphatic heterocycles. The van der Waals surface area contributed by atoms with Crippen LogP contribution in [0.15, 0.2) is 72.8 Å². The fraction of sp³-hybridized carbons (Fsp3) is 0.333. The smallest absolute Gasteiger partial charge is 0.127 e. The van der Waals surface area contributed by atoms with E-state index in [2.05, 4.69) is 91.5 Å². The van der Waals surface area contributed by atoms with Crippen molar-refractivity contribution < 1.29 is 4.74 Å². The molecule has 1 heterocycles. The van der Waals surface area contributed by atoms with Gasteiger partial charge in [-0.15, -0.1) is 11.8 Å². The summed E-state index contributed by atoms with van der Waals surface area (Å²) in [6.45, 7) is 7.59. The average Bonchev–Trinajstić information content (AvgIpc) is 2.99. The molecule has 0 N–H and O–H groups in total. The molecule has 3 aromatic carbocycles. The van der Waals surface area contributed by atoms with Gasteiger partial charge in [0.2, 0.25) is 0 Å². The highest BCUT2D eigenvalue weighted by atomic mass is 32.2. The molecule has 0 radical (unpaired) electrons. The minimum Gasteiger partial charge on any atom is -0.492 e. The van der Waals surface area contributed by atoms with Crippen LogP contribution in [0.25, 0.3) is 10.8 Å². The Labute approximate surface area is 166 Å². The van der Waals surface area contributed by atoms with Crippen LogP contribution in [0, 0.1) is 0 Å². The molecule has 1 fully saturated rings. The molecule has 1 aliphatic rings. The summed E-state index contributed by atoms with van der Waals surface area (Å²) < 4.78 is 6.26. The van der Waals surface area contributed by atoms with E-state index in [0.29, 0.717) is 5.25 Å². The molecule has 1 saturated heterocycles. The van der Waals surface area contributed by atoms with Crippen molar-refractivity contribution in [2.24, 2.45) is 0 Å². The lowest BCUT2D eigenvalue weighted by Gasteiger charge is -2.30. The molecule has 0 unspecified atom stereocenters. The number of fused-ring (bicyclic) bond motifs is 1. The van der Waals surface area contributed by atoms with Crippen LogP contribution >= 0.6 is 11.8 Å². The summed E-state index contributed by atoms with van der Waals surface area (Å²) in [7, 11) is 0. The highest BCUT2D eigenvalue weighted by Gasteiger charge is 2.38. The van der Waals surface area contributed by atoms with Crippen LogP contribution in [-0.2, 0) is 6.42 Å². The van der Waals surface area contributed by atoms with Gasteiger partial charge in [-0.3, -0.25) is 4.90 Å². The van der Waals surface area contributed by atoms with Gasteiger partial charge in [0, 0.05) is 18.5 Å². The summed E-state index contributed by atoms with van der Waals surface area (Å²) in [4.78, 5) is 2.75. The van der Waals surface area contributed by atoms with Crippen molar-refractivity contribution in [1.82, 2.24) is 4.90 Å². The maximum absolute atomic E-state index is 6.26. The van der Waals surface area contributed by atoms with E-state index in [4.69, 9.17) is 4.74 Å². The van der Waals surface area contributed by atoms with Crippen molar-refractivity contribution in [2.45, 2.75) is 30.4 Å². The standard InChI is InChI=1S/C24H27NOS/c1-24(2)25(16-15-19-9-4-3-5-10-19)17-21(27-24)18-26-23-14-8-12-20-11-6-7-13-22(20)23/h3-14,21H,15-18H2,1-2H3/t21-/m0/s1. The minimum absolute atomic E-state index is 0.154. The molecule has 0 amide bonds. The number of hydrogen-bond donors (Lipinski definition) is 0. The van der Waals surface area contributed by atoms with E-state index >= 15 is 0 Å². The number of nitrogens with zero attached hydrogens (tertiary/aromatic N) is 1. The van der Waals surface area contributed by atoms with Gasteiger partial charge in [-0.2, -0.15) is 0 Å². The highest BCUT2D eigenvalue weighted by molar-refractivity contribution is 8.01. The molecule has 27 heavy (non-hydrogen) atoms. The number of rotatable bonds is 6. The van der Waals surface area contributed by atoms with Crippen LogP contribution in [0.5, 0.6) is 5.75 Å². The molecule has 0 spiro atoms. The normalized spacial score (nSPS) is 19.4. The molecule has 2 nitrogen and oxygen atoms in total. The lowest BCUT2D eigenvalue weighted by Crippen LogP contribution is -2.38. The number of ether oxygens (including phenoxy) is 1. The zero-order valence-corrected chi connectivity index (χ0v) is 16.9. The third kappa shape index (κ3) is 4.31. The molecule has 3 heteroatoms. The second kappa shape index (κ2) is 7.95. The molecular formula is C24H27NOS. The molecule has 3 aromatic rings. The fourth-order valence-corrected chi connectivity index (χ4v) is 5.37. The maximum Gasteiger partial charge on any atom is 0.127 e. The molecule has 140 valence electrons. The first-order valence-electron chi connectivity index (χ1n) is 9.69. The molecule has 0 aliphatic carbocycles. The predicted octanol–water partition coefficient (Wildman–Crippen LogP) is 5.61. The molecule has 0 saturated carbocycles. The lowest BCUT2D eigenvalue weighted by atomic mass is 10.1. The van der Waals surface area contributed by atoms with Crippen molar-refractivity contribution >= 4 is 22.5 Å².